The van der Waals surface area contributed by atoms with Crippen LogP contribution in [0.5, 0.6) is 0 Å². The van der Waals surface area contributed by atoms with Gasteiger partial charge in [0.25, 0.3) is 0 Å². The van der Waals surface area contributed by atoms with E-state index in [9.17, 15) is 4.79 Å². The number of amides is 1. The maximum atomic E-state index is 12.7. The molecule has 4 heteroatoms. The molecule has 1 fully saturated rings. The summed E-state index contributed by atoms with van der Waals surface area (Å²) < 4.78 is 0.925. The minimum Gasteiger partial charge on any atom is -0.327 e. The first kappa shape index (κ1) is 16.5. The molecule has 0 aliphatic heterocycles. The highest BCUT2D eigenvalue weighted by Gasteiger charge is 2.45. The van der Waals surface area contributed by atoms with Crippen LogP contribution in [0, 0.1) is 24.2 Å². The summed E-state index contributed by atoms with van der Waals surface area (Å²) in [6.45, 7) is 8.51. The maximum Gasteiger partial charge on any atom is 0.228 e. The molecule has 3 nitrogen and oxygen atoms in total. The molecular formula is C17H25BrN2O. The Bertz CT molecular complexity index is 542. The lowest BCUT2D eigenvalue weighted by atomic mass is 9.61. The van der Waals surface area contributed by atoms with E-state index in [1.165, 1.54) is 0 Å². The van der Waals surface area contributed by atoms with Gasteiger partial charge in [0.15, 0.2) is 0 Å². The Balaban J connectivity index is 2.16. The molecule has 0 heterocycles. The molecule has 1 aliphatic carbocycles. The van der Waals surface area contributed by atoms with Gasteiger partial charge in [-0.05, 0) is 64.7 Å². The van der Waals surface area contributed by atoms with Gasteiger partial charge in [-0.25, -0.2) is 0 Å². The van der Waals surface area contributed by atoms with Crippen LogP contribution in [0.15, 0.2) is 22.7 Å². The standard InChI is InChI=1S/C17H25BrN2O/c1-10-5-8-15(13(18)9-10)20-16(21)12-6-7-14(19)11(2)17(12,3)4/h5,8-9,11-12,14H,6-7,19H2,1-4H3,(H,20,21). The number of anilines is 1. The van der Waals surface area contributed by atoms with Gasteiger partial charge in [-0.15, -0.1) is 0 Å². The summed E-state index contributed by atoms with van der Waals surface area (Å²) in [7, 11) is 0. The molecule has 3 N–H and O–H groups in total. The van der Waals surface area contributed by atoms with Crippen LogP contribution in [0.25, 0.3) is 0 Å². The van der Waals surface area contributed by atoms with E-state index < -0.39 is 0 Å². The number of nitrogens with two attached hydrogens (primary N) is 1. The Morgan fingerprint density at radius 3 is 2.67 bits per heavy atom. The number of carbonyl (C=O) groups excluding carboxylic acids is 1. The molecule has 1 aromatic rings. The molecule has 21 heavy (non-hydrogen) atoms. The normalized spacial score (nSPS) is 28.2. The summed E-state index contributed by atoms with van der Waals surface area (Å²) in [6, 6.07) is 6.16. The molecule has 1 aliphatic rings. The molecule has 1 aromatic carbocycles. The van der Waals surface area contributed by atoms with E-state index >= 15 is 0 Å². The number of hydrogen-bond acceptors (Lipinski definition) is 2. The fraction of sp³-hybridized carbons (Fsp3) is 0.588. The van der Waals surface area contributed by atoms with Crippen molar-refractivity contribution in [3.8, 4) is 0 Å². The summed E-state index contributed by atoms with van der Waals surface area (Å²) in [5.41, 5.74) is 8.09. The number of halogens is 1. The van der Waals surface area contributed by atoms with Gasteiger partial charge in [0, 0.05) is 16.4 Å². The van der Waals surface area contributed by atoms with Gasteiger partial charge in [-0.1, -0.05) is 26.8 Å². The van der Waals surface area contributed by atoms with Gasteiger partial charge >= 0.3 is 0 Å². The molecule has 1 saturated carbocycles. The molecule has 0 radical (unpaired) electrons. The average Bonchev–Trinajstić information content (AvgIpc) is 2.39. The lowest BCUT2D eigenvalue weighted by Gasteiger charge is -2.46. The van der Waals surface area contributed by atoms with Crippen molar-refractivity contribution in [2.45, 2.75) is 46.6 Å². The van der Waals surface area contributed by atoms with Crippen molar-refractivity contribution in [1.29, 1.82) is 0 Å². The van der Waals surface area contributed by atoms with E-state index in [2.05, 4.69) is 42.0 Å². The minimum atomic E-state index is -0.0844. The van der Waals surface area contributed by atoms with Crippen molar-refractivity contribution >= 4 is 27.5 Å². The zero-order valence-corrected chi connectivity index (χ0v) is 14.8. The van der Waals surface area contributed by atoms with Gasteiger partial charge in [0.1, 0.15) is 0 Å². The van der Waals surface area contributed by atoms with Crippen LogP contribution in [0.1, 0.15) is 39.2 Å². The van der Waals surface area contributed by atoms with Crippen molar-refractivity contribution in [3.05, 3.63) is 28.2 Å². The molecule has 0 saturated heterocycles. The number of carbonyl (C=O) groups is 1. The van der Waals surface area contributed by atoms with Crippen LogP contribution in [0.4, 0.5) is 5.69 Å². The van der Waals surface area contributed by atoms with Crippen LogP contribution in [-0.2, 0) is 4.79 Å². The van der Waals surface area contributed by atoms with Gasteiger partial charge in [-0.3, -0.25) is 4.79 Å². The van der Waals surface area contributed by atoms with Crippen LogP contribution in [0.2, 0.25) is 0 Å². The van der Waals surface area contributed by atoms with Crippen molar-refractivity contribution < 1.29 is 4.79 Å². The molecule has 0 spiro atoms. The van der Waals surface area contributed by atoms with Crippen LogP contribution < -0.4 is 11.1 Å². The largest absolute Gasteiger partial charge is 0.327 e. The van der Waals surface area contributed by atoms with Crippen molar-refractivity contribution in [2.75, 3.05) is 5.32 Å². The number of hydrogen-bond donors (Lipinski definition) is 2. The van der Waals surface area contributed by atoms with Gasteiger partial charge < -0.3 is 11.1 Å². The zero-order valence-electron chi connectivity index (χ0n) is 13.2. The minimum absolute atomic E-state index is 0.000466. The van der Waals surface area contributed by atoms with Crippen molar-refractivity contribution in [1.82, 2.24) is 0 Å². The molecule has 116 valence electrons. The molecule has 2 rings (SSSR count). The summed E-state index contributed by atoms with van der Waals surface area (Å²) in [5, 5.41) is 3.07. The lowest BCUT2D eigenvalue weighted by Crippen LogP contribution is -2.50. The highest BCUT2D eigenvalue weighted by molar-refractivity contribution is 9.10. The van der Waals surface area contributed by atoms with Gasteiger partial charge in [-0.2, -0.15) is 0 Å². The molecule has 0 aromatic heterocycles. The van der Waals surface area contributed by atoms with Gasteiger partial charge in [0.05, 0.1) is 5.69 Å². The van der Waals surface area contributed by atoms with E-state index in [1.54, 1.807) is 0 Å². The Morgan fingerprint density at radius 1 is 1.38 bits per heavy atom. The summed E-state index contributed by atoms with van der Waals surface area (Å²) in [6.07, 6.45) is 1.77. The second-order valence-electron chi connectivity index (χ2n) is 6.88. The van der Waals surface area contributed by atoms with Crippen LogP contribution in [-0.4, -0.2) is 11.9 Å². The summed E-state index contributed by atoms with van der Waals surface area (Å²) in [5.74, 6) is 0.437. The first-order valence-electron chi connectivity index (χ1n) is 7.56. The third-order valence-corrected chi connectivity index (χ3v) is 5.86. The van der Waals surface area contributed by atoms with E-state index in [-0.39, 0.29) is 23.3 Å². The summed E-state index contributed by atoms with van der Waals surface area (Å²) in [4.78, 5) is 12.7. The fourth-order valence-corrected chi connectivity index (χ4v) is 3.85. The average molecular weight is 353 g/mol. The summed E-state index contributed by atoms with van der Waals surface area (Å²) >= 11 is 3.51. The zero-order chi connectivity index (χ0) is 15.8. The quantitative estimate of drug-likeness (QED) is 0.841. The lowest BCUT2D eigenvalue weighted by molar-refractivity contribution is -0.127. The Kier molecular flexibility index (Phi) is 4.79. The predicted octanol–water partition coefficient (Wildman–Crippen LogP) is 4.10. The third kappa shape index (κ3) is 3.32. The SMILES string of the molecule is Cc1ccc(NC(=O)C2CCC(N)C(C)C2(C)C)c(Br)c1. The second kappa shape index (κ2) is 6.09. The smallest absolute Gasteiger partial charge is 0.228 e. The maximum absolute atomic E-state index is 12.7. The van der Waals surface area contributed by atoms with Crippen molar-refractivity contribution in [2.24, 2.45) is 23.0 Å². The van der Waals surface area contributed by atoms with E-state index in [4.69, 9.17) is 5.73 Å². The van der Waals surface area contributed by atoms with Crippen LogP contribution >= 0.6 is 15.9 Å². The van der Waals surface area contributed by atoms with Crippen LogP contribution in [0.3, 0.4) is 0 Å². The Labute approximate surface area is 135 Å². The molecule has 1 amide bonds. The Hall–Kier alpha value is -0.870. The van der Waals surface area contributed by atoms with Crippen molar-refractivity contribution in [3.63, 3.8) is 0 Å². The highest BCUT2D eigenvalue weighted by atomic mass is 79.9. The first-order valence-corrected chi connectivity index (χ1v) is 8.35. The second-order valence-corrected chi connectivity index (χ2v) is 7.73. The fourth-order valence-electron chi connectivity index (χ4n) is 3.26. The molecular weight excluding hydrogens is 328 g/mol. The molecule has 3 unspecified atom stereocenters. The first-order chi connectivity index (χ1) is 9.73. The van der Waals surface area contributed by atoms with Gasteiger partial charge in [0.2, 0.25) is 5.91 Å². The van der Waals surface area contributed by atoms with E-state index in [0.717, 1.165) is 28.6 Å². The number of nitrogens with one attached hydrogen (secondary N) is 1. The number of benzene rings is 1. The Morgan fingerprint density at radius 2 is 2.05 bits per heavy atom. The third-order valence-electron chi connectivity index (χ3n) is 5.20. The van der Waals surface area contributed by atoms with E-state index in [1.807, 2.05) is 25.1 Å². The highest BCUT2D eigenvalue weighted by Crippen LogP contribution is 2.45. The van der Waals surface area contributed by atoms with E-state index in [0.29, 0.717) is 5.92 Å². The molecule has 0 bridgehead atoms. The molecule has 3 atom stereocenters. The monoisotopic (exact) mass is 352 g/mol. The predicted molar refractivity (Wildman–Crippen MR) is 91.2 cm³/mol. The number of rotatable bonds is 2. The number of aryl methyl sites for hydroxylation is 1. The topological polar surface area (TPSA) is 55.1 Å².